The van der Waals surface area contributed by atoms with Crippen molar-refractivity contribution in [1.29, 1.82) is 0 Å². The van der Waals surface area contributed by atoms with Crippen LogP contribution in [0.15, 0.2) is 16.9 Å². The van der Waals surface area contributed by atoms with Gasteiger partial charge in [-0.15, -0.1) is 0 Å². The Balaban J connectivity index is 0.000000341. The molecule has 0 radical (unpaired) electrons. The van der Waals surface area contributed by atoms with Crippen molar-refractivity contribution in [3.8, 4) is 0 Å². The van der Waals surface area contributed by atoms with Crippen LogP contribution in [0.3, 0.4) is 0 Å². The summed E-state index contributed by atoms with van der Waals surface area (Å²) in [5.41, 5.74) is 9.35. The fourth-order valence-corrected chi connectivity index (χ4v) is 3.45. The molecular formula is C26H41FN10O3. The number of hydrogen-bond donors (Lipinski definition) is 7. The van der Waals surface area contributed by atoms with Crippen LogP contribution in [0.1, 0.15) is 64.8 Å². The molecule has 0 aliphatic rings. The van der Waals surface area contributed by atoms with Gasteiger partial charge in [-0.3, -0.25) is 34.7 Å². The minimum Gasteiger partial charge on any atom is -0.368 e. The fourth-order valence-electron chi connectivity index (χ4n) is 3.45. The van der Waals surface area contributed by atoms with E-state index in [0.29, 0.717) is 17.0 Å². The maximum atomic E-state index is 11.5. The largest absolute Gasteiger partial charge is 0.368 e. The summed E-state index contributed by atoms with van der Waals surface area (Å²) in [4.78, 5) is 54.7. The van der Waals surface area contributed by atoms with Crippen molar-refractivity contribution in [2.24, 2.45) is 5.73 Å². The molecule has 0 bridgehead atoms. The van der Waals surface area contributed by atoms with E-state index in [1.54, 1.807) is 6.07 Å². The van der Waals surface area contributed by atoms with Crippen LogP contribution < -0.4 is 27.2 Å². The molecule has 8 N–H and O–H groups in total. The zero-order valence-corrected chi connectivity index (χ0v) is 23.9. The third-order valence-corrected chi connectivity index (χ3v) is 5.20. The second kappa shape index (κ2) is 16.6. The van der Waals surface area contributed by atoms with Crippen LogP contribution in [0, 0.1) is 13.8 Å². The van der Waals surface area contributed by atoms with E-state index in [4.69, 9.17) is 5.73 Å². The Kier molecular flexibility index (Phi) is 14.0. The lowest BCUT2D eigenvalue weighted by atomic mass is 10.3. The van der Waals surface area contributed by atoms with Gasteiger partial charge in [-0.2, -0.15) is 4.98 Å². The number of unbranched alkanes of at least 4 members (excludes halogenated alkanes) is 2. The minimum absolute atomic E-state index is 0. The van der Waals surface area contributed by atoms with Crippen molar-refractivity contribution in [3.05, 3.63) is 33.9 Å². The first-order valence-electron chi connectivity index (χ1n) is 13.0. The van der Waals surface area contributed by atoms with Gasteiger partial charge in [0.25, 0.3) is 5.56 Å². The Morgan fingerprint density at radius 1 is 0.850 bits per heavy atom. The Labute approximate surface area is 231 Å². The molecule has 0 saturated heterocycles. The molecule has 0 spiro atoms. The Morgan fingerprint density at radius 2 is 1.43 bits per heavy atom. The highest BCUT2D eigenvalue weighted by atomic mass is 19.0. The van der Waals surface area contributed by atoms with Crippen LogP contribution in [-0.2, 0) is 9.59 Å². The van der Waals surface area contributed by atoms with Crippen molar-refractivity contribution in [3.63, 3.8) is 0 Å². The standard InChI is InChI=1S/C13H19N5O.C9H10N4O2.C4H11N.FH/c1-4-5-6-14-12-11-10(7-8(2)15-11)17-13(18-12)16-9(3)19;1-4-3-6-7(10-4)8(15)13-9(12-6)11-5(2)14;1-2-3-4-5;/h7,15H,4-6H2,1-3H3,(H2,14,16,17,18,19);3,10H,1-2H3,(H2,11,12,13,14,15);2-5H2,1H3;1H. The number of nitrogens with two attached hydrogens (primary N) is 1. The van der Waals surface area contributed by atoms with Gasteiger partial charge in [0.2, 0.25) is 23.7 Å². The van der Waals surface area contributed by atoms with Gasteiger partial charge in [-0.1, -0.05) is 26.7 Å². The monoisotopic (exact) mass is 560 g/mol. The number of rotatable bonds is 8. The second-order valence-corrected chi connectivity index (χ2v) is 9.02. The van der Waals surface area contributed by atoms with E-state index in [0.717, 1.165) is 54.2 Å². The van der Waals surface area contributed by atoms with Crippen molar-refractivity contribution >= 4 is 51.6 Å². The maximum absolute atomic E-state index is 11.5. The highest BCUT2D eigenvalue weighted by molar-refractivity contribution is 5.91. The summed E-state index contributed by atoms with van der Waals surface area (Å²) in [6, 6.07) is 3.68. The zero-order chi connectivity index (χ0) is 28.9. The molecule has 40 heavy (non-hydrogen) atoms. The van der Waals surface area contributed by atoms with Crippen LogP contribution in [-0.4, -0.2) is 54.8 Å². The first-order chi connectivity index (χ1) is 18.6. The Hall–Kier alpha value is -4.33. The summed E-state index contributed by atoms with van der Waals surface area (Å²) in [6.07, 6.45) is 4.57. The number of fused-ring (bicyclic) bond motifs is 2. The number of hydrogen-bond acceptors (Lipinski definition) is 8. The normalized spacial score (nSPS) is 10.1. The maximum Gasteiger partial charge on any atom is 0.276 e. The van der Waals surface area contributed by atoms with Crippen molar-refractivity contribution < 1.29 is 14.3 Å². The van der Waals surface area contributed by atoms with Crippen LogP contribution in [0.25, 0.3) is 22.1 Å². The van der Waals surface area contributed by atoms with Gasteiger partial charge in [0.15, 0.2) is 5.82 Å². The average molecular weight is 561 g/mol. The Bertz CT molecular complexity index is 1440. The van der Waals surface area contributed by atoms with Crippen molar-refractivity contribution in [2.45, 2.75) is 67.2 Å². The van der Waals surface area contributed by atoms with E-state index in [1.807, 2.05) is 19.9 Å². The van der Waals surface area contributed by atoms with Gasteiger partial charge >= 0.3 is 0 Å². The van der Waals surface area contributed by atoms with Gasteiger partial charge in [0.05, 0.1) is 11.0 Å². The van der Waals surface area contributed by atoms with E-state index in [9.17, 15) is 14.4 Å². The molecule has 4 heterocycles. The molecule has 13 nitrogen and oxygen atoms in total. The summed E-state index contributed by atoms with van der Waals surface area (Å²) in [6.45, 7) is 12.6. The molecule has 14 heteroatoms. The third-order valence-electron chi connectivity index (χ3n) is 5.20. The van der Waals surface area contributed by atoms with Crippen LogP contribution in [0.4, 0.5) is 22.4 Å². The first kappa shape index (κ1) is 33.7. The molecule has 0 unspecified atom stereocenters. The number of halogens is 1. The number of aryl methyl sites for hydroxylation is 2. The zero-order valence-electron chi connectivity index (χ0n) is 23.9. The van der Waals surface area contributed by atoms with E-state index < -0.39 is 0 Å². The summed E-state index contributed by atoms with van der Waals surface area (Å²) in [7, 11) is 0. The van der Waals surface area contributed by atoms with E-state index in [1.165, 1.54) is 26.7 Å². The quantitative estimate of drug-likeness (QED) is 0.157. The molecule has 0 saturated carbocycles. The minimum atomic E-state index is -0.295. The van der Waals surface area contributed by atoms with Gasteiger partial charge in [0.1, 0.15) is 11.0 Å². The number of aromatic amines is 3. The SMILES string of the molecule is CC(=O)Nc1nc2cc(C)[nH]c2c(=O)[nH]1.CCCCN.CCCCNc1nc(NC(C)=O)nc2cc(C)[nH]c12.F. The number of H-pyrrole nitrogens is 3. The van der Waals surface area contributed by atoms with Gasteiger partial charge < -0.3 is 21.0 Å². The third kappa shape index (κ3) is 10.4. The molecule has 2 amide bonds. The molecular weight excluding hydrogens is 519 g/mol. The number of amides is 2. The molecule has 4 aromatic heterocycles. The molecule has 220 valence electrons. The van der Waals surface area contributed by atoms with Crippen LogP contribution >= 0.6 is 0 Å². The van der Waals surface area contributed by atoms with Gasteiger partial charge in [-0.05, 0) is 45.4 Å². The van der Waals surface area contributed by atoms with Crippen LogP contribution in [0.2, 0.25) is 0 Å². The van der Waals surface area contributed by atoms with Crippen LogP contribution in [0.5, 0.6) is 0 Å². The summed E-state index contributed by atoms with van der Waals surface area (Å²) >= 11 is 0. The fraction of sp³-hybridized carbons (Fsp3) is 0.462. The predicted molar refractivity (Wildman–Crippen MR) is 159 cm³/mol. The van der Waals surface area contributed by atoms with Gasteiger partial charge in [-0.25, -0.2) is 9.97 Å². The molecule has 0 atom stereocenters. The molecule has 0 aliphatic heterocycles. The van der Waals surface area contributed by atoms with Crippen molar-refractivity contribution in [2.75, 3.05) is 29.0 Å². The number of aromatic nitrogens is 6. The highest BCUT2D eigenvalue weighted by Gasteiger charge is 2.11. The smallest absolute Gasteiger partial charge is 0.276 e. The average Bonchev–Trinajstić information content (AvgIpc) is 3.41. The second-order valence-electron chi connectivity index (χ2n) is 9.02. The predicted octanol–water partition coefficient (Wildman–Crippen LogP) is 3.85. The lowest BCUT2D eigenvalue weighted by Crippen LogP contribution is -2.15. The topological polar surface area (TPSA) is 199 Å². The van der Waals surface area contributed by atoms with E-state index in [2.05, 4.69) is 59.7 Å². The Morgan fingerprint density at radius 3 is 1.95 bits per heavy atom. The molecule has 0 aromatic carbocycles. The highest BCUT2D eigenvalue weighted by Crippen LogP contribution is 2.22. The lowest BCUT2D eigenvalue weighted by Gasteiger charge is -2.08. The van der Waals surface area contributed by atoms with Crippen molar-refractivity contribution in [1.82, 2.24) is 29.9 Å². The summed E-state index contributed by atoms with van der Waals surface area (Å²) < 4.78 is 0. The summed E-state index contributed by atoms with van der Waals surface area (Å²) in [5.74, 6) is 0.781. The lowest BCUT2D eigenvalue weighted by molar-refractivity contribution is -0.115. The number of anilines is 3. The summed E-state index contributed by atoms with van der Waals surface area (Å²) in [5, 5.41) is 8.33. The number of nitrogens with one attached hydrogen (secondary N) is 6. The van der Waals surface area contributed by atoms with E-state index >= 15 is 0 Å². The molecule has 4 aromatic rings. The number of carbonyl (C=O) groups is 2. The molecule has 0 aliphatic carbocycles. The molecule has 4 rings (SSSR count). The van der Waals surface area contributed by atoms with Gasteiger partial charge in [0, 0.05) is 31.8 Å². The van der Waals surface area contributed by atoms with E-state index in [-0.39, 0.29) is 28.0 Å². The first-order valence-corrected chi connectivity index (χ1v) is 13.0. The number of carbonyl (C=O) groups excluding carboxylic acids is 2. The number of nitrogens with zero attached hydrogens (tertiary/aromatic N) is 3. The molecule has 0 fully saturated rings.